The van der Waals surface area contributed by atoms with E-state index in [-0.39, 0.29) is 17.7 Å². The SMILES string of the molecule is COC(OC)c1ccc2c(n1)N(C(=O)OC(C)(C)C)C1CC2(OC)C1. The molecule has 1 saturated carbocycles. The highest BCUT2D eigenvalue weighted by Crippen LogP contribution is 2.55. The molecule has 0 atom stereocenters. The van der Waals surface area contributed by atoms with E-state index in [0.29, 0.717) is 11.5 Å². The standard InChI is InChI=1S/C18H26N2O5/c1-17(2,3)25-16(21)20-11-9-18(10-11,24-6)12-7-8-13(19-14(12)20)15(22-4)23-5/h7-8,11,15H,9-10H2,1-6H3. The minimum atomic E-state index is -0.595. The number of methoxy groups -OCH3 is 3. The number of anilines is 1. The van der Waals surface area contributed by atoms with Crippen LogP contribution in [0.3, 0.4) is 0 Å². The molecule has 2 aliphatic heterocycles. The van der Waals surface area contributed by atoms with E-state index in [1.165, 1.54) is 0 Å². The van der Waals surface area contributed by atoms with Crippen molar-refractivity contribution in [3.8, 4) is 0 Å². The molecule has 0 radical (unpaired) electrons. The summed E-state index contributed by atoms with van der Waals surface area (Å²) in [5.41, 5.74) is 0.554. The third-order valence-electron chi connectivity index (χ3n) is 4.76. The van der Waals surface area contributed by atoms with Crippen LogP contribution >= 0.6 is 0 Å². The van der Waals surface area contributed by atoms with Crippen molar-refractivity contribution in [1.29, 1.82) is 0 Å². The Morgan fingerprint density at radius 1 is 1.24 bits per heavy atom. The fraction of sp³-hybridized carbons (Fsp3) is 0.667. The maximum absolute atomic E-state index is 12.8. The molecule has 1 aromatic heterocycles. The van der Waals surface area contributed by atoms with E-state index >= 15 is 0 Å². The van der Waals surface area contributed by atoms with Gasteiger partial charge in [-0.1, -0.05) is 6.07 Å². The first kappa shape index (κ1) is 18.1. The van der Waals surface area contributed by atoms with Crippen LogP contribution in [0.5, 0.6) is 0 Å². The van der Waals surface area contributed by atoms with Crippen molar-refractivity contribution >= 4 is 11.9 Å². The van der Waals surface area contributed by atoms with Crippen LogP contribution in [0.4, 0.5) is 10.6 Å². The number of carbonyl (C=O) groups excluding carboxylic acids is 1. The lowest BCUT2D eigenvalue weighted by Gasteiger charge is -2.55. The zero-order valence-corrected chi connectivity index (χ0v) is 15.7. The first-order valence-corrected chi connectivity index (χ1v) is 8.39. The van der Waals surface area contributed by atoms with Gasteiger partial charge in [0, 0.05) is 45.8 Å². The van der Waals surface area contributed by atoms with Crippen LogP contribution in [0.25, 0.3) is 0 Å². The Morgan fingerprint density at radius 3 is 2.40 bits per heavy atom. The lowest BCUT2D eigenvalue weighted by Crippen LogP contribution is -2.62. The van der Waals surface area contributed by atoms with Gasteiger partial charge in [0.05, 0.1) is 5.69 Å². The normalized spacial score (nSPS) is 24.8. The number of nitrogens with zero attached hydrogens (tertiary/aromatic N) is 2. The summed E-state index contributed by atoms with van der Waals surface area (Å²) in [6, 6.07) is 3.82. The highest BCUT2D eigenvalue weighted by molar-refractivity contribution is 5.90. The highest BCUT2D eigenvalue weighted by Gasteiger charge is 2.57. The lowest BCUT2D eigenvalue weighted by atomic mass is 9.67. The van der Waals surface area contributed by atoms with Crippen molar-refractivity contribution in [1.82, 2.24) is 4.98 Å². The van der Waals surface area contributed by atoms with Gasteiger partial charge in [0.2, 0.25) is 6.29 Å². The molecule has 7 heteroatoms. The quantitative estimate of drug-likeness (QED) is 0.777. The Morgan fingerprint density at radius 2 is 1.88 bits per heavy atom. The summed E-state index contributed by atoms with van der Waals surface area (Å²) in [5, 5.41) is 0. The second-order valence-corrected chi connectivity index (χ2v) is 7.52. The fourth-order valence-electron chi connectivity index (χ4n) is 3.57. The maximum Gasteiger partial charge on any atom is 0.416 e. The summed E-state index contributed by atoms with van der Waals surface area (Å²) in [7, 11) is 4.80. The zero-order chi connectivity index (χ0) is 18.4. The summed E-state index contributed by atoms with van der Waals surface area (Å²) in [6.45, 7) is 5.56. The molecule has 0 aromatic carbocycles. The first-order chi connectivity index (χ1) is 11.7. The third-order valence-corrected chi connectivity index (χ3v) is 4.76. The van der Waals surface area contributed by atoms with Gasteiger partial charge in [-0.2, -0.15) is 0 Å². The lowest BCUT2D eigenvalue weighted by molar-refractivity contribution is -0.110. The second kappa shape index (κ2) is 6.23. The summed E-state index contributed by atoms with van der Waals surface area (Å²) in [6.07, 6.45) is 0.505. The van der Waals surface area contributed by atoms with E-state index in [0.717, 1.165) is 18.4 Å². The fourth-order valence-corrected chi connectivity index (χ4v) is 3.57. The number of hydrogen-bond acceptors (Lipinski definition) is 6. The van der Waals surface area contributed by atoms with E-state index < -0.39 is 11.9 Å². The summed E-state index contributed by atoms with van der Waals surface area (Å²) in [5.74, 6) is 0.565. The zero-order valence-electron chi connectivity index (χ0n) is 15.7. The van der Waals surface area contributed by atoms with Crippen molar-refractivity contribution < 1.29 is 23.7 Å². The van der Waals surface area contributed by atoms with Crippen molar-refractivity contribution in [3.63, 3.8) is 0 Å². The first-order valence-electron chi connectivity index (χ1n) is 8.39. The predicted molar refractivity (Wildman–Crippen MR) is 91.4 cm³/mol. The maximum atomic E-state index is 12.8. The monoisotopic (exact) mass is 350 g/mol. The number of ether oxygens (including phenoxy) is 4. The molecule has 138 valence electrons. The third kappa shape index (κ3) is 3.01. The Hall–Kier alpha value is -1.70. The molecule has 25 heavy (non-hydrogen) atoms. The molecule has 1 amide bonds. The predicted octanol–water partition coefficient (Wildman–Crippen LogP) is 3.13. The van der Waals surface area contributed by atoms with E-state index in [1.807, 2.05) is 32.9 Å². The van der Waals surface area contributed by atoms with Crippen molar-refractivity contribution in [2.24, 2.45) is 0 Å². The van der Waals surface area contributed by atoms with Crippen LogP contribution in [-0.2, 0) is 24.5 Å². The topological polar surface area (TPSA) is 70.1 Å². The van der Waals surface area contributed by atoms with E-state index in [9.17, 15) is 4.79 Å². The molecular formula is C18H26N2O5. The number of amides is 1. The number of carbonyl (C=O) groups is 1. The van der Waals surface area contributed by atoms with Gasteiger partial charge in [0.15, 0.2) is 0 Å². The Labute approximate surface area is 148 Å². The van der Waals surface area contributed by atoms with Gasteiger partial charge in [-0.15, -0.1) is 0 Å². The minimum Gasteiger partial charge on any atom is -0.443 e. The molecule has 0 N–H and O–H groups in total. The van der Waals surface area contributed by atoms with Gasteiger partial charge < -0.3 is 18.9 Å². The van der Waals surface area contributed by atoms with Crippen LogP contribution in [0.1, 0.15) is 51.2 Å². The molecule has 7 nitrogen and oxygen atoms in total. The molecule has 1 aromatic rings. The van der Waals surface area contributed by atoms with E-state index in [2.05, 4.69) is 4.98 Å². The van der Waals surface area contributed by atoms with E-state index in [4.69, 9.17) is 18.9 Å². The van der Waals surface area contributed by atoms with Gasteiger partial charge in [-0.05, 0) is 26.8 Å². The molecular weight excluding hydrogens is 324 g/mol. The van der Waals surface area contributed by atoms with Crippen LogP contribution in [0.15, 0.2) is 12.1 Å². The van der Waals surface area contributed by atoms with Crippen molar-refractivity contribution in [2.45, 2.75) is 57.1 Å². The summed E-state index contributed by atoms with van der Waals surface area (Å²) < 4.78 is 21.9. The summed E-state index contributed by atoms with van der Waals surface area (Å²) >= 11 is 0. The molecule has 0 saturated heterocycles. The molecule has 1 fully saturated rings. The number of rotatable bonds is 4. The average molecular weight is 350 g/mol. The number of pyridine rings is 1. The molecule has 4 rings (SSSR count). The molecule has 0 spiro atoms. The molecule has 3 heterocycles. The summed E-state index contributed by atoms with van der Waals surface area (Å²) in [4.78, 5) is 19.1. The number of hydrogen-bond donors (Lipinski definition) is 0. The Kier molecular flexibility index (Phi) is 4.51. The van der Waals surface area contributed by atoms with Gasteiger partial charge in [0.1, 0.15) is 17.0 Å². The minimum absolute atomic E-state index is 0.0218. The largest absolute Gasteiger partial charge is 0.443 e. The van der Waals surface area contributed by atoms with Gasteiger partial charge in [-0.25, -0.2) is 9.78 Å². The van der Waals surface area contributed by atoms with Gasteiger partial charge in [0.25, 0.3) is 0 Å². The highest BCUT2D eigenvalue weighted by atomic mass is 16.7. The van der Waals surface area contributed by atoms with Crippen molar-refractivity contribution in [3.05, 3.63) is 23.4 Å². The van der Waals surface area contributed by atoms with E-state index in [1.54, 1.807) is 26.2 Å². The van der Waals surface area contributed by atoms with Crippen LogP contribution in [0, 0.1) is 0 Å². The van der Waals surface area contributed by atoms with Gasteiger partial charge in [-0.3, -0.25) is 4.90 Å². The number of aromatic nitrogens is 1. The average Bonchev–Trinajstić information content (AvgIpc) is 2.51. The van der Waals surface area contributed by atoms with Crippen LogP contribution in [-0.4, -0.2) is 44.0 Å². The van der Waals surface area contributed by atoms with Crippen molar-refractivity contribution in [2.75, 3.05) is 26.2 Å². The molecule has 1 aliphatic carbocycles. The Bertz CT molecular complexity index is 660. The molecule has 0 unspecified atom stereocenters. The second-order valence-electron chi connectivity index (χ2n) is 7.52. The Balaban J connectivity index is 2.03. The smallest absolute Gasteiger partial charge is 0.416 e. The van der Waals surface area contributed by atoms with Crippen LogP contribution < -0.4 is 4.90 Å². The van der Waals surface area contributed by atoms with Gasteiger partial charge >= 0.3 is 6.09 Å². The van der Waals surface area contributed by atoms with Crippen LogP contribution in [0.2, 0.25) is 0 Å². The molecule has 3 aliphatic rings. The molecule has 2 bridgehead atoms.